The van der Waals surface area contributed by atoms with Crippen molar-refractivity contribution >= 4 is 49.1 Å². The molecule has 5 rings (SSSR count). The third kappa shape index (κ3) is 4.46. The molecule has 4 aromatic carbocycles. The average Bonchev–Trinajstić information content (AvgIpc) is 2.89. The van der Waals surface area contributed by atoms with E-state index in [4.69, 9.17) is 0 Å². The van der Waals surface area contributed by atoms with Crippen LogP contribution in [0.1, 0.15) is 5.56 Å². The molecule has 0 aliphatic rings. The fourth-order valence-corrected chi connectivity index (χ4v) is 5.35. The van der Waals surface area contributed by atoms with E-state index < -0.39 is 10.0 Å². The molecule has 0 unspecified atom stereocenters. The first kappa shape index (κ1) is 23.3. The van der Waals surface area contributed by atoms with Gasteiger partial charge < -0.3 is 9.88 Å². The van der Waals surface area contributed by atoms with Crippen molar-refractivity contribution in [3.8, 4) is 0 Å². The number of fused-ring (bicyclic) bond motifs is 2. The Balaban J connectivity index is 1.44. The van der Waals surface area contributed by atoms with Crippen molar-refractivity contribution in [1.82, 2.24) is 4.57 Å². The van der Waals surface area contributed by atoms with Gasteiger partial charge in [0.05, 0.1) is 21.6 Å². The Morgan fingerprint density at radius 1 is 0.806 bits per heavy atom. The van der Waals surface area contributed by atoms with Gasteiger partial charge in [-0.1, -0.05) is 48.5 Å². The summed E-state index contributed by atoms with van der Waals surface area (Å²) >= 11 is 0. The number of benzene rings is 4. The highest BCUT2D eigenvalue weighted by Crippen LogP contribution is 2.24. The molecule has 1 aromatic heterocycles. The Morgan fingerprint density at radius 3 is 2.03 bits per heavy atom. The highest BCUT2D eigenvalue weighted by Gasteiger charge is 2.16. The molecule has 5 aromatic rings. The number of carbonyl (C=O) groups is 1. The lowest BCUT2D eigenvalue weighted by atomic mass is 10.1. The third-order valence-electron chi connectivity index (χ3n) is 6.00. The van der Waals surface area contributed by atoms with E-state index in [-0.39, 0.29) is 22.8 Å². The monoisotopic (exact) mass is 497 g/mol. The summed E-state index contributed by atoms with van der Waals surface area (Å²) in [5.41, 5.74) is 2.78. The van der Waals surface area contributed by atoms with E-state index in [9.17, 15) is 18.0 Å². The Labute approximate surface area is 208 Å². The van der Waals surface area contributed by atoms with Gasteiger partial charge in [-0.05, 0) is 61.0 Å². The minimum absolute atomic E-state index is 0.0275. The summed E-state index contributed by atoms with van der Waals surface area (Å²) in [6.45, 7) is 1.76. The van der Waals surface area contributed by atoms with Crippen LogP contribution in [0.5, 0.6) is 0 Å². The zero-order valence-corrected chi connectivity index (χ0v) is 20.2. The number of carbonyl (C=O) groups excluding carboxylic acids is 1. The van der Waals surface area contributed by atoms with Crippen molar-refractivity contribution in [2.75, 3.05) is 10.0 Å². The molecule has 0 saturated heterocycles. The highest BCUT2D eigenvalue weighted by molar-refractivity contribution is 7.92. The molecule has 180 valence electrons. The van der Waals surface area contributed by atoms with Crippen molar-refractivity contribution in [3.63, 3.8) is 0 Å². The maximum atomic E-state index is 13.1. The summed E-state index contributed by atoms with van der Waals surface area (Å²) in [5, 5.41) is 3.93. The number of rotatable bonds is 6. The van der Waals surface area contributed by atoms with E-state index in [0.29, 0.717) is 38.7 Å². The average molecular weight is 498 g/mol. The second-order valence-electron chi connectivity index (χ2n) is 8.45. The Kier molecular flexibility index (Phi) is 6.03. The van der Waals surface area contributed by atoms with Crippen molar-refractivity contribution < 1.29 is 13.2 Å². The van der Waals surface area contributed by atoms with Crippen LogP contribution in [0, 0.1) is 6.92 Å². The normalized spacial score (nSPS) is 11.5. The smallest absolute Gasteiger partial charge is 0.261 e. The second kappa shape index (κ2) is 9.31. The first-order valence-electron chi connectivity index (χ1n) is 11.3. The number of sulfonamides is 1. The zero-order valence-electron chi connectivity index (χ0n) is 19.4. The quantitative estimate of drug-likeness (QED) is 0.326. The molecule has 0 aliphatic heterocycles. The number of nitrogens with zero attached hydrogens (tertiary/aromatic N) is 1. The van der Waals surface area contributed by atoms with E-state index >= 15 is 0 Å². The van der Waals surface area contributed by atoms with Gasteiger partial charge in [-0.25, -0.2) is 8.42 Å². The lowest BCUT2D eigenvalue weighted by Gasteiger charge is -2.16. The number of hydrogen-bond acceptors (Lipinski definition) is 4. The molecule has 8 heteroatoms. The molecule has 0 saturated carbocycles. The summed E-state index contributed by atoms with van der Waals surface area (Å²) in [6.07, 6.45) is 0. The molecular weight excluding hydrogens is 474 g/mol. The maximum absolute atomic E-state index is 13.1. The lowest BCUT2D eigenvalue weighted by Crippen LogP contribution is -2.21. The van der Waals surface area contributed by atoms with Crippen molar-refractivity contribution in [2.45, 2.75) is 18.4 Å². The molecule has 36 heavy (non-hydrogen) atoms. The molecule has 7 nitrogen and oxygen atoms in total. The molecule has 0 bridgehead atoms. The van der Waals surface area contributed by atoms with Crippen molar-refractivity contribution in [3.05, 3.63) is 113 Å². The van der Waals surface area contributed by atoms with E-state index in [1.165, 1.54) is 12.1 Å². The second-order valence-corrected chi connectivity index (χ2v) is 10.1. The van der Waals surface area contributed by atoms with Gasteiger partial charge in [0.2, 0.25) is 5.91 Å². The maximum Gasteiger partial charge on any atom is 0.261 e. The molecule has 1 amide bonds. The largest absolute Gasteiger partial charge is 0.331 e. The van der Waals surface area contributed by atoms with Gasteiger partial charge in [0.15, 0.2) is 5.43 Å². The molecule has 1 heterocycles. The minimum Gasteiger partial charge on any atom is -0.331 e. The Bertz CT molecular complexity index is 1720. The number of nitrogens with one attached hydrogen (secondary N) is 2. The number of para-hydroxylation sites is 2. The fourth-order valence-electron chi connectivity index (χ4n) is 4.20. The van der Waals surface area contributed by atoms with Gasteiger partial charge in [0.1, 0.15) is 6.54 Å². The van der Waals surface area contributed by atoms with Crippen molar-refractivity contribution in [1.29, 1.82) is 0 Å². The van der Waals surface area contributed by atoms with Crippen LogP contribution in [0.4, 0.5) is 11.4 Å². The fraction of sp³-hybridized carbons (Fsp3) is 0.0714. The zero-order chi connectivity index (χ0) is 25.3. The predicted octanol–water partition coefficient (Wildman–Crippen LogP) is 4.90. The lowest BCUT2D eigenvalue weighted by molar-refractivity contribution is -0.116. The van der Waals surface area contributed by atoms with Crippen LogP contribution in [0.15, 0.2) is 107 Å². The van der Waals surface area contributed by atoms with Crippen LogP contribution in [0.2, 0.25) is 0 Å². The van der Waals surface area contributed by atoms with Gasteiger partial charge in [-0.3, -0.25) is 14.3 Å². The number of aryl methyl sites for hydroxylation is 1. The van der Waals surface area contributed by atoms with E-state index in [2.05, 4.69) is 10.0 Å². The van der Waals surface area contributed by atoms with Crippen LogP contribution in [-0.2, 0) is 21.4 Å². The number of pyridine rings is 1. The number of aromatic nitrogens is 1. The van der Waals surface area contributed by atoms with E-state index in [0.717, 1.165) is 0 Å². The molecule has 0 fully saturated rings. The van der Waals surface area contributed by atoms with Gasteiger partial charge in [0, 0.05) is 16.5 Å². The highest BCUT2D eigenvalue weighted by atomic mass is 32.2. The van der Waals surface area contributed by atoms with E-state index in [1.807, 2.05) is 28.8 Å². The topological polar surface area (TPSA) is 97.3 Å². The summed E-state index contributed by atoms with van der Waals surface area (Å²) in [6, 6.07) is 27.5. The molecular formula is C28H23N3O4S. The van der Waals surface area contributed by atoms with E-state index in [1.54, 1.807) is 67.6 Å². The standard InChI is InChI=1S/C28H23N3O4S/c1-19-15-16-20(17-24(19)30-36(34,35)21-9-3-2-4-10-21)29-27(32)18-31-25-13-7-5-11-22(25)28(33)23-12-6-8-14-26(23)31/h2-17,30H,18H2,1H3,(H,29,32). The summed E-state index contributed by atoms with van der Waals surface area (Å²) < 4.78 is 30.0. The van der Waals surface area contributed by atoms with Gasteiger partial charge in [0.25, 0.3) is 10.0 Å². The molecule has 0 radical (unpaired) electrons. The van der Waals surface area contributed by atoms with Crippen LogP contribution < -0.4 is 15.5 Å². The Hall–Kier alpha value is -4.43. The molecule has 0 atom stereocenters. The van der Waals surface area contributed by atoms with Gasteiger partial charge >= 0.3 is 0 Å². The van der Waals surface area contributed by atoms with Gasteiger partial charge in [-0.15, -0.1) is 0 Å². The van der Waals surface area contributed by atoms with Crippen LogP contribution >= 0.6 is 0 Å². The van der Waals surface area contributed by atoms with Crippen LogP contribution in [0.25, 0.3) is 21.8 Å². The molecule has 0 spiro atoms. The Morgan fingerprint density at radius 2 is 1.39 bits per heavy atom. The first-order valence-corrected chi connectivity index (χ1v) is 12.8. The van der Waals surface area contributed by atoms with Crippen LogP contribution in [-0.4, -0.2) is 18.9 Å². The molecule has 2 N–H and O–H groups in total. The molecule has 0 aliphatic carbocycles. The van der Waals surface area contributed by atoms with Crippen LogP contribution in [0.3, 0.4) is 0 Å². The third-order valence-corrected chi connectivity index (χ3v) is 7.38. The predicted molar refractivity (Wildman–Crippen MR) is 143 cm³/mol. The van der Waals surface area contributed by atoms with Crippen molar-refractivity contribution in [2.24, 2.45) is 0 Å². The summed E-state index contributed by atoms with van der Waals surface area (Å²) in [7, 11) is -3.78. The minimum atomic E-state index is -3.78. The summed E-state index contributed by atoms with van der Waals surface area (Å²) in [5.74, 6) is -0.310. The SMILES string of the molecule is Cc1ccc(NC(=O)Cn2c3ccccc3c(=O)c3ccccc32)cc1NS(=O)(=O)c1ccccc1. The first-order chi connectivity index (χ1) is 17.3. The number of amides is 1. The van der Waals surface area contributed by atoms with Gasteiger partial charge in [-0.2, -0.15) is 0 Å². The summed E-state index contributed by atoms with van der Waals surface area (Å²) in [4.78, 5) is 26.2. The number of hydrogen-bond donors (Lipinski definition) is 2. The number of anilines is 2.